The molecule has 0 spiro atoms. The van der Waals surface area contributed by atoms with E-state index in [1.807, 2.05) is 0 Å². The lowest BCUT2D eigenvalue weighted by atomic mass is 10.0. The van der Waals surface area contributed by atoms with Crippen molar-refractivity contribution in [2.75, 3.05) is 0 Å². The van der Waals surface area contributed by atoms with Gasteiger partial charge in [-0.25, -0.2) is 0 Å². The molecule has 0 rings (SSSR count). The lowest BCUT2D eigenvalue weighted by Gasteiger charge is -2.03. The third kappa shape index (κ3) is 11.7. The average molecular weight is 253 g/mol. The summed E-state index contributed by atoms with van der Waals surface area (Å²) in [4.78, 5) is 10.7. The zero-order chi connectivity index (χ0) is 13.6. The van der Waals surface area contributed by atoms with E-state index in [1.54, 1.807) is 0 Å². The molecule has 0 saturated heterocycles. The smallest absolute Gasteiger partial charge is 0.244 e. The van der Waals surface area contributed by atoms with Crippen molar-refractivity contribution in [2.24, 2.45) is 5.73 Å². The molecule has 0 atom stereocenters. The molecule has 0 aliphatic carbocycles. The highest BCUT2D eigenvalue weighted by atomic mass is 16.1. The number of unbranched alkanes of at least 4 members (excludes halogenated alkanes) is 10. The van der Waals surface area contributed by atoms with Crippen molar-refractivity contribution in [3.05, 3.63) is 12.2 Å². The molecule has 2 N–H and O–H groups in total. The summed E-state index contributed by atoms with van der Waals surface area (Å²) in [6.07, 6.45) is 15.3. The van der Waals surface area contributed by atoms with Crippen LogP contribution in [0.4, 0.5) is 0 Å². The molecule has 2 heteroatoms. The van der Waals surface area contributed by atoms with Gasteiger partial charge in [0.2, 0.25) is 5.91 Å². The SMILES string of the molecule is C=C(CCCCCCCCCCCCC)C(N)=O. The first-order valence-corrected chi connectivity index (χ1v) is 7.66. The second-order valence-electron chi connectivity index (χ2n) is 5.25. The lowest BCUT2D eigenvalue weighted by molar-refractivity contribution is -0.114. The van der Waals surface area contributed by atoms with E-state index < -0.39 is 0 Å². The fourth-order valence-corrected chi connectivity index (χ4v) is 2.13. The fourth-order valence-electron chi connectivity index (χ4n) is 2.13. The molecule has 0 aromatic carbocycles. The highest BCUT2D eigenvalue weighted by molar-refractivity contribution is 5.91. The molecular formula is C16H31NO. The highest BCUT2D eigenvalue weighted by Gasteiger charge is 2.00. The summed E-state index contributed by atoms with van der Waals surface area (Å²) in [5.74, 6) is -0.345. The van der Waals surface area contributed by atoms with Crippen molar-refractivity contribution in [3.8, 4) is 0 Å². The maximum absolute atomic E-state index is 10.7. The predicted molar refractivity (Wildman–Crippen MR) is 79.4 cm³/mol. The number of hydrogen-bond acceptors (Lipinski definition) is 1. The van der Waals surface area contributed by atoms with E-state index in [-0.39, 0.29) is 5.91 Å². The van der Waals surface area contributed by atoms with Gasteiger partial charge in [-0.1, -0.05) is 77.7 Å². The van der Waals surface area contributed by atoms with Gasteiger partial charge in [0.1, 0.15) is 0 Å². The van der Waals surface area contributed by atoms with E-state index in [0.29, 0.717) is 5.57 Å². The zero-order valence-electron chi connectivity index (χ0n) is 12.2. The first kappa shape index (κ1) is 17.2. The van der Waals surface area contributed by atoms with Gasteiger partial charge >= 0.3 is 0 Å². The number of primary amides is 1. The maximum Gasteiger partial charge on any atom is 0.244 e. The Morgan fingerprint density at radius 1 is 0.833 bits per heavy atom. The number of amides is 1. The second kappa shape index (κ2) is 12.7. The summed E-state index contributed by atoms with van der Waals surface area (Å²) in [7, 11) is 0. The standard InChI is InChI=1S/C16H31NO/c1-3-4-5-6-7-8-9-10-11-12-13-14-15(2)16(17)18/h2-14H2,1H3,(H2,17,18). The molecule has 0 saturated carbocycles. The van der Waals surface area contributed by atoms with Crippen LogP contribution in [0, 0.1) is 0 Å². The minimum Gasteiger partial charge on any atom is -0.366 e. The van der Waals surface area contributed by atoms with Crippen LogP contribution in [-0.4, -0.2) is 5.91 Å². The molecule has 0 aliphatic heterocycles. The van der Waals surface area contributed by atoms with Gasteiger partial charge < -0.3 is 5.73 Å². The van der Waals surface area contributed by atoms with E-state index in [2.05, 4.69) is 13.5 Å². The molecule has 0 fully saturated rings. The third-order valence-corrected chi connectivity index (χ3v) is 3.43. The fraction of sp³-hybridized carbons (Fsp3) is 0.812. The van der Waals surface area contributed by atoms with E-state index in [9.17, 15) is 4.79 Å². The van der Waals surface area contributed by atoms with Gasteiger partial charge in [-0.05, 0) is 12.8 Å². The Morgan fingerprint density at radius 3 is 1.61 bits per heavy atom. The van der Waals surface area contributed by atoms with E-state index >= 15 is 0 Å². The van der Waals surface area contributed by atoms with E-state index in [4.69, 9.17) is 5.73 Å². The molecule has 0 aromatic heterocycles. The van der Waals surface area contributed by atoms with Crippen molar-refractivity contribution in [1.82, 2.24) is 0 Å². The van der Waals surface area contributed by atoms with Gasteiger partial charge in [-0.3, -0.25) is 4.79 Å². The number of carbonyl (C=O) groups excluding carboxylic acids is 1. The number of hydrogen-bond donors (Lipinski definition) is 1. The maximum atomic E-state index is 10.7. The summed E-state index contributed by atoms with van der Waals surface area (Å²) < 4.78 is 0. The molecule has 2 nitrogen and oxygen atoms in total. The van der Waals surface area contributed by atoms with Crippen LogP contribution < -0.4 is 5.73 Å². The van der Waals surface area contributed by atoms with E-state index in [1.165, 1.54) is 64.2 Å². The topological polar surface area (TPSA) is 43.1 Å². The van der Waals surface area contributed by atoms with Crippen molar-refractivity contribution < 1.29 is 4.79 Å². The van der Waals surface area contributed by atoms with Gasteiger partial charge in [-0.2, -0.15) is 0 Å². The van der Waals surface area contributed by atoms with Crippen molar-refractivity contribution >= 4 is 5.91 Å². The van der Waals surface area contributed by atoms with Crippen LogP contribution in [-0.2, 0) is 4.79 Å². The second-order valence-corrected chi connectivity index (χ2v) is 5.25. The van der Waals surface area contributed by atoms with Gasteiger partial charge in [0.05, 0.1) is 0 Å². The number of rotatable bonds is 13. The molecule has 0 unspecified atom stereocenters. The summed E-state index contributed by atoms with van der Waals surface area (Å²) in [6, 6.07) is 0. The van der Waals surface area contributed by atoms with Crippen LogP contribution in [0.25, 0.3) is 0 Å². The van der Waals surface area contributed by atoms with Crippen LogP contribution in [0.15, 0.2) is 12.2 Å². The Labute approximate surface area is 113 Å². The monoisotopic (exact) mass is 253 g/mol. The zero-order valence-corrected chi connectivity index (χ0v) is 12.2. The van der Waals surface area contributed by atoms with Crippen molar-refractivity contribution in [3.63, 3.8) is 0 Å². The Balaban J connectivity index is 3.07. The first-order valence-electron chi connectivity index (χ1n) is 7.66. The molecule has 0 aliphatic rings. The average Bonchev–Trinajstić information content (AvgIpc) is 2.35. The Hall–Kier alpha value is -0.790. The van der Waals surface area contributed by atoms with Crippen LogP contribution >= 0.6 is 0 Å². The quantitative estimate of drug-likeness (QED) is 0.374. The van der Waals surface area contributed by atoms with Crippen LogP contribution in [0.3, 0.4) is 0 Å². The Bertz CT molecular complexity index is 223. The van der Waals surface area contributed by atoms with Gasteiger partial charge in [-0.15, -0.1) is 0 Å². The lowest BCUT2D eigenvalue weighted by Crippen LogP contribution is -2.12. The predicted octanol–water partition coefficient (Wildman–Crippen LogP) is 4.73. The molecular weight excluding hydrogens is 222 g/mol. The molecule has 1 amide bonds. The largest absolute Gasteiger partial charge is 0.366 e. The van der Waals surface area contributed by atoms with Gasteiger partial charge in [0.25, 0.3) is 0 Å². The van der Waals surface area contributed by atoms with Crippen LogP contribution in [0.5, 0.6) is 0 Å². The van der Waals surface area contributed by atoms with Crippen LogP contribution in [0.2, 0.25) is 0 Å². The summed E-state index contributed by atoms with van der Waals surface area (Å²) in [5, 5.41) is 0. The number of carbonyl (C=O) groups is 1. The molecule has 0 aromatic rings. The summed E-state index contributed by atoms with van der Waals surface area (Å²) >= 11 is 0. The Kier molecular flexibility index (Phi) is 12.1. The van der Waals surface area contributed by atoms with Gasteiger partial charge in [0, 0.05) is 5.57 Å². The molecule has 18 heavy (non-hydrogen) atoms. The Morgan fingerprint density at radius 2 is 1.22 bits per heavy atom. The molecule has 0 heterocycles. The highest BCUT2D eigenvalue weighted by Crippen LogP contribution is 2.13. The summed E-state index contributed by atoms with van der Waals surface area (Å²) in [6.45, 7) is 5.92. The molecule has 106 valence electrons. The normalized spacial score (nSPS) is 10.5. The van der Waals surface area contributed by atoms with Crippen LogP contribution in [0.1, 0.15) is 84.0 Å². The minimum atomic E-state index is -0.345. The van der Waals surface area contributed by atoms with Crippen molar-refractivity contribution in [1.29, 1.82) is 0 Å². The van der Waals surface area contributed by atoms with Gasteiger partial charge in [0.15, 0.2) is 0 Å². The summed E-state index contributed by atoms with van der Waals surface area (Å²) in [5.41, 5.74) is 5.70. The van der Waals surface area contributed by atoms with E-state index in [0.717, 1.165) is 12.8 Å². The van der Waals surface area contributed by atoms with Crippen molar-refractivity contribution in [2.45, 2.75) is 84.0 Å². The minimum absolute atomic E-state index is 0.345. The third-order valence-electron chi connectivity index (χ3n) is 3.43. The number of nitrogens with two attached hydrogens (primary N) is 1. The molecule has 0 bridgehead atoms. The first-order chi connectivity index (χ1) is 8.68. The molecule has 0 radical (unpaired) electrons.